The van der Waals surface area contributed by atoms with Crippen LogP contribution in [0.1, 0.15) is 5.56 Å². The Morgan fingerprint density at radius 3 is 2.84 bits per heavy atom. The summed E-state index contributed by atoms with van der Waals surface area (Å²) in [6.07, 6.45) is 0. The second-order valence-electron chi connectivity index (χ2n) is 4.10. The van der Waals surface area contributed by atoms with Crippen LogP contribution in [-0.4, -0.2) is 0 Å². The van der Waals surface area contributed by atoms with Gasteiger partial charge in [-0.1, -0.05) is 11.6 Å². The summed E-state index contributed by atoms with van der Waals surface area (Å²) in [6, 6.07) is 15.6. The van der Waals surface area contributed by atoms with Gasteiger partial charge in [-0.2, -0.15) is 5.26 Å². The molecule has 1 N–H and O–H groups in total. The van der Waals surface area contributed by atoms with Crippen molar-refractivity contribution in [2.75, 3.05) is 5.32 Å². The maximum Gasteiger partial charge on any atom is 0.101 e. The van der Waals surface area contributed by atoms with E-state index < -0.39 is 0 Å². The summed E-state index contributed by atoms with van der Waals surface area (Å²) in [4.78, 5) is 0. The highest BCUT2D eigenvalue weighted by Crippen LogP contribution is 2.28. The van der Waals surface area contributed by atoms with Gasteiger partial charge in [0.25, 0.3) is 0 Å². The van der Waals surface area contributed by atoms with Gasteiger partial charge in [-0.05, 0) is 53.2 Å². The third-order valence-electron chi connectivity index (χ3n) is 2.83. The number of nitrogens with one attached hydrogen (secondary N) is 1. The van der Waals surface area contributed by atoms with Crippen LogP contribution < -0.4 is 5.32 Å². The molecule has 0 amide bonds. The molecule has 3 rings (SSSR count). The Labute approximate surface area is 119 Å². The molecular weight excluding hydrogens is 276 g/mol. The number of fused-ring (bicyclic) bond motifs is 1. The van der Waals surface area contributed by atoms with E-state index >= 15 is 0 Å². The molecule has 0 spiro atoms. The summed E-state index contributed by atoms with van der Waals surface area (Å²) in [5.74, 6) is 0. The maximum absolute atomic E-state index is 9.11. The predicted molar refractivity (Wildman–Crippen MR) is 81.3 cm³/mol. The van der Waals surface area contributed by atoms with Crippen LogP contribution in [-0.2, 0) is 0 Å². The fourth-order valence-corrected chi connectivity index (χ4v) is 2.86. The molecule has 0 unspecified atom stereocenters. The van der Waals surface area contributed by atoms with E-state index in [1.54, 1.807) is 23.5 Å². The second kappa shape index (κ2) is 4.93. The lowest BCUT2D eigenvalue weighted by molar-refractivity contribution is 1.46. The Balaban J connectivity index is 1.98. The van der Waals surface area contributed by atoms with Crippen LogP contribution in [0.4, 0.5) is 11.4 Å². The first-order valence-electron chi connectivity index (χ1n) is 5.70. The van der Waals surface area contributed by atoms with Gasteiger partial charge in [0.05, 0.1) is 11.3 Å². The van der Waals surface area contributed by atoms with Gasteiger partial charge < -0.3 is 5.32 Å². The topological polar surface area (TPSA) is 35.8 Å². The summed E-state index contributed by atoms with van der Waals surface area (Å²) in [5.41, 5.74) is 2.27. The fourth-order valence-electron chi connectivity index (χ4n) is 1.92. The highest BCUT2D eigenvalue weighted by molar-refractivity contribution is 7.17. The van der Waals surface area contributed by atoms with E-state index in [-0.39, 0.29) is 0 Å². The largest absolute Gasteiger partial charge is 0.354 e. The number of anilines is 2. The van der Waals surface area contributed by atoms with Crippen LogP contribution in [0.5, 0.6) is 0 Å². The van der Waals surface area contributed by atoms with Crippen molar-refractivity contribution in [3.63, 3.8) is 0 Å². The highest BCUT2D eigenvalue weighted by Gasteiger charge is 2.04. The van der Waals surface area contributed by atoms with Crippen molar-refractivity contribution in [3.05, 3.63) is 58.4 Å². The summed E-state index contributed by atoms with van der Waals surface area (Å²) in [6.45, 7) is 0. The lowest BCUT2D eigenvalue weighted by Crippen LogP contribution is -1.93. The molecule has 0 saturated carbocycles. The average Bonchev–Trinajstić information content (AvgIpc) is 2.88. The van der Waals surface area contributed by atoms with Gasteiger partial charge in [-0.25, -0.2) is 0 Å². The third-order valence-corrected chi connectivity index (χ3v) is 3.97. The molecule has 4 heteroatoms. The number of rotatable bonds is 2. The monoisotopic (exact) mass is 284 g/mol. The Bertz CT molecular complexity index is 786. The highest BCUT2D eigenvalue weighted by atomic mass is 35.5. The summed E-state index contributed by atoms with van der Waals surface area (Å²) >= 11 is 7.60. The normalized spacial score (nSPS) is 10.3. The number of nitrogens with zero attached hydrogens (tertiary/aromatic N) is 1. The predicted octanol–water partition coefficient (Wildman–Crippen LogP) is 5.17. The molecule has 0 aliphatic rings. The van der Waals surface area contributed by atoms with E-state index in [0.29, 0.717) is 10.6 Å². The molecule has 92 valence electrons. The Hall–Kier alpha value is -2.02. The number of nitriles is 1. The molecule has 1 heterocycles. The van der Waals surface area contributed by atoms with Crippen LogP contribution in [0.25, 0.3) is 10.1 Å². The van der Waals surface area contributed by atoms with Gasteiger partial charge in [0.1, 0.15) is 6.07 Å². The summed E-state index contributed by atoms with van der Waals surface area (Å²) in [5, 5.41) is 16.2. The number of thiophene rings is 1. The molecule has 1 aromatic heterocycles. The van der Waals surface area contributed by atoms with Gasteiger partial charge in [0, 0.05) is 15.4 Å². The zero-order valence-electron chi connectivity index (χ0n) is 9.85. The van der Waals surface area contributed by atoms with Gasteiger partial charge >= 0.3 is 0 Å². The van der Waals surface area contributed by atoms with E-state index in [4.69, 9.17) is 16.9 Å². The number of benzene rings is 2. The van der Waals surface area contributed by atoms with Crippen molar-refractivity contribution < 1.29 is 0 Å². The number of hydrogen-bond donors (Lipinski definition) is 1. The lowest BCUT2D eigenvalue weighted by Gasteiger charge is -2.08. The van der Waals surface area contributed by atoms with E-state index in [9.17, 15) is 0 Å². The summed E-state index contributed by atoms with van der Waals surface area (Å²) in [7, 11) is 0. The third kappa shape index (κ3) is 2.41. The SMILES string of the molecule is N#Cc1cc(Cl)ccc1Nc1ccc2sccc2c1. The zero-order valence-corrected chi connectivity index (χ0v) is 11.4. The van der Waals surface area contributed by atoms with E-state index in [1.807, 2.05) is 12.1 Å². The van der Waals surface area contributed by atoms with Crippen LogP contribution >= 0.6 is 22.9 Å². The van der Waals surface area contributed by atoms with E-state index in [1.165, 1.54) is 10.1 Å². The quantitative estimate of drug-likeness (QED) is 0.704. The first-order valence-corrected chi connectivity index (χ1v) is 6.96. The van der Waals surface area contributed by atoms with Crippen LogP contribution in [0.15, 0.2) is 47.8 Å². The minimum atomic E-state index is 0.540. The molecule has 0 atom stereocenters. The molecule has 0 aliphatic heterocycles. The molecule has 2 aromatic carbocycles. The molecule has 19 heavy (non-hydrogen) atoms. The Kier molecular flexibility index (Phi) is 3.12. The summed E-state index contributed by atoms with van der Waals surface area (Å²) < 4.78 is 1.25. The molecule has 2 nitrogen and oxygen atoms in total. The first-order chi connectivity index (χ1) is 9.26. The van der Waals surface area contributed by atoms with Gasteiger partial charge in [0.2, 0.25) is 0 Å². The minimum Gasteiger partial charge on any atom is -0.354 e. The number of halogens is 1. The molecule has 0 saturated heterocycles. The standard InChI is InChI=1S/C15H9ClN2S/c16-12-1-3-14(11(7-12)9-17)18-13-2-4-15-10(8-13)5-6-19-15/h1-8,18H. The molecule has 0 bridgehead atoms. The van der Waals surface area contributed by atoms with Gasteiger partial charge in [-0.15, -0.1) is 11.3 Å². The number of hydrogen-bond acceptors (Lipinski definition) is 3. The molecule has 0 aliphatic carbocycles. The van der Waals surface area contributed by atoms with Crippen molar-refractivity contribution in [3.8, 4) is 6.07 Å². The van der Waals surface area contributed by atoms with E-state index in [0.717, 1.165) is 11.4 Å². The van der Waals surface area contributed by atoms with Crippen LogP contribution in [0, 0.1) is 11.3 Å². The lowest BCUT2D eigenvalue weighted by atomic mass is 10.1. The second-order valence-corrected chi connectivity index (χ2v) is 5.48. The smallest absolute Gasteiger partial charge is 0.101 e. The van der Waals surface area contributed by atoms with Crippen molar-refractivity contribution in [2.24, 2.45) is 0 Å². The van der Waals surface area contributed by atoms with Crippen molar-refractivity contribution in [1.82, 2.24) is 0 Å². The molecule has 0 radical (unpaired) electrons. The average molecular weight is 285 g/mol. The first kappa shape index (κ1) is 12.0. The Morgan fingerprint density at radius 2 is 2.00 bits per heavy atom. The van der Waals surface area contributed by atoms with Crippen LogP contribution in [0.2, 0.25) is 5.02 Å². The molecule has 0 fully saturated rings. The van der Waals surface area contributed by atoms with Gasteiger partial charge in [0.15, 0.2) is 0 Å². The Morgan fingerprint density at radius 1 is 1.11 bits per heavy atom. The van der Waals surface area contributed by atoms with E-state index in [2.05, 4.69) is 35.0 Å². The van der Waals surface area contributed by atoms with Crippen molar-refractivity contribution in [2.45, 2.75) is 0 Å². The zero-order chi connectivity index (χ0) is 13.2. The minimum absolute atomic E-state index is 0.540. The van der Waals surface area contributed by atoms with Crippen molar-refractivity contribution >= 4 is 44.4 Å². The van der Waals surface area contributed by atoms with Crippen molar-refractivity contribution in [1.29, 1.82) is 5.26 Å². The molecule has 3 aromatic rings. The van der Waals surface area contributed by atoms with Gasteiger partial charge in [-0.3, -0.25) is 0 Å². The fraction of sp³-hybridized carbons (Fsp3) is 0. The molecular formula is C15H9ClN2S. The van der Waals surface area contributed by atoms with Crippen LogP contribution in [0.3, 0.4) is 0 Å². The maximum atomic E-state index is 9.11.